The molecule has 0 spiro atoms. The first-order valence-corrected chi connectivity index (χ1v) is 7.16. The monoisotopic (exact) mass is 264 g/mol. The van der Waals surface area contributed by atoms with Crippen molar-refractivity contribution in [1.29, 1.82) is 0 Å². The van der Waals surface area contributed by atoms with Crippen LogP contribution in [-0.4, -0.2) is 31.8 Å². The Bertz CT molecular complexity index is 440. The molecule has 19 heavy (non-hydrogen) atoms. The van der Waals surface area contributed by atoms with Crippen molar-refractivity contribution in [2.75, 3.05) is 24.5 Å². The maximum absolute atomic E-state index is 14.2. The van der Waals surface area contributed by atoms with Gasteiger partial charge in [-0.05, 0) is 37.1 Å². The van der Waals surface area contributed by atoms with E-state index in [1.165, 1.54) is 0 Å². The van der Waals surface area contributed by atoms with Crippen LogP contribution in [0.3, 0.4) is 0 Å². The van der Waals surface area contributed by atoms with Gasteiger partial charge in [0.25, 0.3) is 0 Å². The maximum Gasteiger partial charge on any atom is 0.146 e. The largest absolute Gasteiger partial charge is 0.371 e. The van der Waals surface area contributed by atoms with Crippen molar-refractivity contribution in [1.82, 2.24) is 5.32 Å². The molecule has 2 heterocycles. The number of ether oxygens (including phenoxy) is 1. The Morgan fingerprint density at radius 2 is 2.05 bits per heavy atom. The molecular formula is C15H21FN2O. The maximum atomic E-state index is 14.2. The van der Waals surface area contributed by atoms with Gasteiger partial charge in [0.05, 0.1) is 17.9 Å². The SMILES string of the molecule is CCNCc1ccc(N2CC3CCC(C2)O3)c(F)c1. The molecule has 2 aliphatic rings. The second kappa shape index (κ2) is 5.47. The van der Waals surface area contributed by atoms with Crippen LogP contribution in [-0.2, 0) is 11.3 Å². The van der Waals surface area contributed by atoms with Crippen molar-refractivity contribution in [3.8, 4) is 0 Å². The van der Waals surface area contributed by atoms with E-state index in [-0.39, 0.29) is 5.82 Å². The molecule has 2 atom stereocenters. The molecule has 1 aromatic rings. The molecule has 0 saturated carbocycles. The Labute approximate surface area is 113 Å². The lowest BCUT2D eigenvalue weighted by Gasteiger charge is -2.34. The molecule has 3 nitrogen and oxygen atoms in total. The summed E-state index contributed by atoms with van der Waals surface area (Å²) < 4.78 is 20.0. The number of halogens is 1. The predicted octanol–water partition coefficient (Wildman–Crippen LogP) is 2.30. The quantitative estimate of drug-likeness (QED) is 0.903. The Morgan fingerprint density at radius 1 is 1.32 bits per heavy atom. The molecule has 2 bridgehead atoms. The van der Waals surface area contributed by atoms with E-state index in [0.717, 1.165) is 50.3 Å². The Morgan fingerprint density at radius 3 is 2.68 bits per heavy atom. The van der Waals surface area contributed by atoms with Gasteiger partial charge >= 0.3 is 0 Å². The lowest BCUT2D eigenvalue weighted by Crippen LogP contribution is -2.43. The van der Waals surface area contributed by atoms with E-state index >= 15 is 0 Å². The zero-order chi connectivity index (χ0) is 13.2. The summed E-state index contributed by atoms with van der Waals surface area (Å²) in [5, 5.41) is 3.21. The van der Waals surface area contributed by atoms with Crippen LogP contribution < -0.4 is 10.2 Å². The smallest absolute Gasteiger partial charge is 0.146 e. The van der Waals surface area contributed by atoms with Crippen molar-refractivity contribution in [2.45, 2.75) is 38.5 Å². The Kier molecular flexibility index (Phi) is 3.71. The van der Waals surface area contributed by atoms with Gasteiger partial charge in [0, 0.05) is 19.6 Å². The van der Waals surface area contributed by atoms with E-state index < -0.39 is 0 Å². The summed E-state index contributed by atoms with van der Waals surface area (Å²) in [5.41, 5.74) is 1.72. The third kappa shape index (κ3) is 2.74. The summed E-state index contributed by atoms with van der Waals surface area (Å²) in [5.74, 6) is -0.114. The highest BCUT2D eigenvalue weighted by molar-refractivity contribution is 5.50. The Hall–Kier alpha value is -1.13. The van der Waals surface area contributed by atoms with Gasteiger partial charge in [-0.1, -0.05) is 13.0 Å². The van der Waals surface area contributed by atoms with Crippen LogP contribution in [0.15, 0.2) is 18.2 Å². The molecule has 3 rings (SSSR count). The van der Waals surface area contributed by atoms with Crippen LogP contribution in [0.4, 0.5) is 10.1 Å². The van der Waals surface area contributed by atoms with Gasteiger partial charge in [0.2, 0.25) is 0 Å². The van der Waals surface area contributed by atoms with E-state index in [4.69, 9.17) is 4.74 Å². The minimum Gasteiger partial charge on any atom is -0.371 e. The van der Waals surface area contributed by atoms with Crippen LogP contribution in [0.1, 0.15) is 25.3 Å². The highest BCUT2D eigenvalue weighted by atomic mass is 19.1. The van der Waals surface area contributed by atoms with Gasteiger partial charge in [-0.3, -0.25) is 0 Å². The topological polar surface area (TPSA) is 24.5 Å². The predicted molar refractivity (Wildman–Crippen MR) is 73.9 cm³/mol. The molecule has 4 heteroatoms. The summed E-state index contributed by atoms with van der Waals surface area (Å²) in [6.45, 7) is 5.31. The van der Waals surface area contributed by atoms with Crippen LogP contribution in [0.2, 0.25) is 0 Å². The number of nitrogens with zero attached hydrogens (tertiary/aromatic N) is 1. The third-order valence-electron chi connectivity index (χ3n) is 3.98. The van der Waals surface area contributed by atoms with E-state index in [9.17, 15) is 4.39 Å². The molecule has 0 amide bonds. The highest BCUT2D eigenvalue weighted by Gasteiger charge is 2.34. The van der Waals surface area contributed by atoms with E-state index in [1.807, 2.05) is 19.1 Å². The average Bonchev–Trinajstić information content (AvgIpc) is 2.75. The average molecular weight is 264 g/mol. The zero-order valence-corrected chi connectivity index (χ0v) is 11.4. The molecule has 0 aliphatic carbocycles. The summed E-state index contributed by atoms with van der Waals surface area (Å²) in [4.78, 5) is 2.14. The summed E-state index contributed by atoms with van der Waals surface area (Å²) in [6.07, 6.45) is 2.81. The molecule has 2 unspecified atom stereocenters. The van der Waals surface area contributed by atoms with Gasteiger partial charge in [-0.25, -0.2) is 4.39 Å². The first-order chi connectivity index (χ1) is 9.26. The molecule has 0 radical (unpaired) electrons. The fourth-order valence-electron chi connectivity index (χ4n) is 3.00. The van der Waals surface area contributed by atoms with Gasteiger partial charge in [0.1, 0.15) is 5.82 Å². The molecule has 1 N–H and O–H groups in total. The minimum atomic E-state index is -0.114. The second-order valence-corrected chi connectivity index (χ2v) is 5.43. The van der Waals surface area contributed by atoms with Crippen molar-refractivity contribution in [3.63, 3.8) is 0 Å². The van der Waals surface area contributed by atoms with E-state index in [0.29, 0.717) is 12.2 Å². The summed E-state index contributed by atoms with van der Waals surface area (Å²) in [7, 11) is 0. The molecule has 104 valence electrons. The van der Waals surface area contributed by atoms with E-state index in [1.54, 1.807) is 6.07 Å². The normalized spacial score (nSPS) is 25.9. The van der Waals surface area contributed by atoms with Crippen LogP contribution in [0.25, 0.3) is 0 Å². The fraction of sp³-hybridized carbons (Fsp3) is 0.600. The highest BCUT2D eigenvalue weighted by Crippen LogP contribution is 2.31. The lowest BCUT2D eigenvalue weighted by molar-refractivity contribution is 0.0303. The third-order valence-corrected chi connectivity index (χ3v) is 3.98. The molecule has 2 saturated heterocycles. The molecule has 0 aromatic heterocycles. The first kappa shape index (κ1) is 12.9. The number of benzene rings is 1. The summed E-state index contributed by atoms with van der Waals surface area (Å²) in [6, 6.07) is 5.57. The summed E-state index contributed by atoms with van der Waals surface area (Å²) >= 11 is 0. The lowest BCUT2D eigenvalue weighted by atomic mass is 10.1. The van der Waals surface area contributed by atoms with Crippen LogP contribution in [0, 0.1) is 5.82 Å². The van der Waals surface area contributed by atoms with E-state index in [2.05, 4.69) is 10.2 Å². The number of fused-ring (bicyclic) bond motifs is 2. The number of morpholine rings is 1. The zero-order valence-electron chi connectivity index (χ0n) is 11.4. The first-order valence-electron chi connectivity index (χ1n) is 7.16. The van der Waals surface area contributed by atoms with Crippen molar-refractivity contribution in [2.24, 2.45) is 0 Å². The molecule has 2 fully saturated rings. The van der Waals surface area contributed by atoms with Crippen molar-refractivity contribution in [3.05, 3.63) is 29.6 Å². The minimum absolute atomic E-state index is 0.114. The fourth-order valence-corrected chi connectivity index (χ4v) is 3.00. The van der Waals surface area contributed by atoms with Crippen LogP contribution >= 0.6 is 0 Å². The van der Waals surface area contributed by atoms with Crippen LogP contribution in [0.5, 0.6) is 0 Å². The molecule has 1 aromatic carbocycles. The molecule has 2 aliphatic heterocycles. The molecular weight excluding hydrogens is 243 g/mol. The Balaban J connectivity index is 1.74. The number of anilines is 1. The second-order valence-electron chi connectivity index (χ2n) is 5.43. The van der Waals surface area contributed by atoms with Crippen molar-refractivity contribution >= 4 is 5.69 Å². The number of hydrogen-bond donors (Lipinski definition) is 1. The van der Waals surface area contributed by atoms with Crippen molar-refractivity contribution < 1.29 is 9.13 Å². The van der Waals surface area contributed by atoms with Gasteiger partial charge < -0.3 is 15.0 Å². The number of hydrogen-bond acceptors (Lipinski definition) is 3. The number of nitrogens with one attached hydrogen (secondary N) is 1. The van der Waals surface area contributed by atoms with Gasteiger partial charge in [-0.15, -0.1) is 0 Å². The number of rotatable bonds is 4. The van der Waals surface area contributed by atoms with Gasteiger partial charge in [-0.2, -0.15) is 0 Å². The van der Waals surface area contributed by atoms with Gasteiger partial charge in [0.15, 0.2) is 0 Å². The standard InChI is InChI=1S/C15H21FN2O/c1-2-17-8-11-3-6-15(14(16)7-11)18-9-12-4-5-13(10-18)19-12/h3,6-7,12-13,17H,2,4-5,8-10H2,1H3.